The highest BCUT2D eigenvalue weighted by atomic mass is 127. The lowest BCUT2D eigenvalue weighted by Gasteiger charge is -2.19. The van der Waals surface area contributed by atoms with Crippen LogP contribution in [0.3, 0.4) is 0 Å². The summed E-state index contributed by atoms with van der Waals surface area (Å²) in [7, 11) is 5.25. The van der Waals surface area contributed by atoms with Gasteiger partial charge in [0.15, 0.2) is 5.96 Å². The average Bonchev–Trinajstić information content (AvgIpc) is 2.75. The van der Waals surface area contributed by atoms with E-state index < -0.39 is 0 Å². The molecule has 2 aromatic rings. The normalized spacial score (nSPS) is 10.8. The van der Waals surface area contributed by atoms with Crippen LogP contribution in [0.5, 0.6) is 0 Å². The Morgan fingerprint density at radius 1 is 0.967 bits per heavy atom. The number of nitrogens with one attached hydrogen (secondary N) is 2. The molecule has 1 amide bonds. The molecule has 0 saturated carbocycles. The van der Waals surface area contributed by atoms with E-state index in [9.17, 15) is 4.79 Å². The van der Waals surface area contributed by atoms with Crippen LogP contribution in [0, 0.1) is 0 Å². The van der Waals surface area contributed by atoms with Gasteiger partial charge in [-0.1, -0.05) is 18.2 Å². The SMILES string of the molecule is CCN(CC)c1ccc(CNC(=NC)NCc2ccc(C(=O)N(C)C)cc2)cn1.I. The van der Waals surface area contributed by atoms with Gasteiger partial charge >= 0.3 is 0 Å². The summed E-state index contributed by atoms with van der Waals surface area (Å²) >= 11 is 0. The van der Waals surface area contributed by atoms with E-state index in [0.29, 0.717) is 24.6 Å². The molecule has 164 valence electrons. The Bertz CT molecular complexity index is 801. The van der Waals surface area contributed by atoms with Gasteiger partial charge in [0.1, 0.15) is 5.82 Å². The lowest BCUT2D eigenvalue weighted by molar-refractivity contribution is 0.0827. The second-order valence-corrected chi connectivity index (χ2v) is 6.87. The number of anilines is 1. The average molecular weight is 524 g/mol. The van der Waals surface area contributed by atoms with Crippen LogP contribution >= 0.6 is 24.0 Å². The number of hydrogen-bond donors (Lipinski definition) is 2. The second kappa shape index (κ2) is 13.0. The Labute approximate surface area is 197 Å². The Kier molecular flexibility index (Phi) is 11.2. The molecule has 0 aliphatic rings. The number of aliphatic imine (C=N–C) groups is 1. The van der Waals surface area contributed by atoms with Crippen molar-refractivity contribution in [2.24, 2.45) is 4.99 Å². The quantitative estimate of drug-likeness (QED) is 0.316. The van der Waals surface area contributed by atoms with E-state index in [1.54, 1.807) is 26.0 Å². The summed E-state index contributed by atoms with van der Waals surface area (Å²) in [6.07, 6.45) is 1.90. The minimum atomic E-state index is 0. The molecule has 0 saturated heterocycles. The van der Waals surface area contributed by atoms with E-state index in [0.717, 1.165) is 30.0 Å². The van der Waals surface area contributed by atoms with E-state index in [4.69, 9.17) is 0 Å². The van der Waals surface area contributed by atoms with E-state index in [-0.39, 0.29) is 29.9 Å². The molecule has 1 aromatic heterocycles. The Morgan fingerprint density at radius 2 is 1.53 bits per heavy atom. The third-order valence-corrected chi connectivity index (χ3v) is 4.65. The number of benzene rings is 1. The van der Waals surface area contributed by atoms with E-state index >= 15 is 0 Å². The third kappa shape index (κ3) is 7.47. The van der Waals surface area contributed by atoms with E-state index in [1.807, 2.05) is 30.5 Å². The number of aromatic nitrogens is 1. The van der Waals surface area contributed by atoms with E-state index in [2.05, 4.69) is 51.5 Å². The van der Waals surface area contributed by atoms with Crippen molar-refractivity contribution in [3.05, 3.63) is 59.3 Å². The number of pyridine rings is 1. The van der Waals surface area contributed by atoms with Gasteiger partial charge in [0.25, 0.3) is 5.91 Å². The summed E-state index contributed by atoms with van der Waals surface area (Å²) in [6.45, 7) is 7.41. The fraction of sp³-hybridized carbons (Fsp3) is 0.409. The van der Waals surface area contributed by atoms with Crippen LogP contribution in [0.15, 0.2) is 47.6 Å². The number of guanidine groups is 1. The molecule has 1 aromatic carbocycles. The van der Waals surface area contributed by atoms with Gasteiger partial charge in [-0.05, 0) is 43.2 Å². The van der Waals surface area contributed by atoms with Gasteiger partial charge in [0.05, 0.1) is 0 Å². The predicted molar refractivity (Wildman–Crippen MR) is 135 cm³/mol. The van der Waals surface area contributed by atoms with Crippen molar-refractivity contribution < 1.29 is 4.79 Å². The first-order valence-electron chi connectivity index (χ1n) is 9.93. The highest BCUT2D eigenvalue weighted by molar-refractivity contribution is 14.0. The van der Waals surface area contributed by atoms with Gasteiger partial charge in [-0.2, -0.15) is 0 Å². The molecule has 2 rings (SSSR count). The number of carbonyl (C=O) groups excluding carboxylic acids is 1. The molecule has 0 atom stereocenters. The van der Waals surface area contributed by atoms with Crippen molar-refractivity contribution in [3.63, 3.8) is 0 Å². The smallest absolute Gasteiger partial charge is 0.253 e. The molecule has 0 aliphatic heterocycles. The molecule has 8 heteroatoms. The van der Waals surface area contributed by atoms with Crippen LogP contribution in [0.2, 0.25) is 0 Å². The summed E-state index contributed by atoms with van der Waals surface area (Å²) in [5.74, 6) is 1.71. The van der Waals surface area contributed by atoms with Crippen LogP contribution in [0.4, 0.5) is 5.82 Å². The zero-order chi connectivity index (χ0) is 21.2. The molecule has 0 aliphatic carbocycles. The maximum Gasteiger partial charge on any atom is 0.253 e. The second-order valence-electron chi connectivity index (χ2n) is 6.87. The van der Waals surface area contributed by atoms with Crippen LogP contribution in [0.1, 0.15) is 35.3 Å². The van der Waals surface area contributed by atoms with Crippen LogP contribution in [-0.4, -0.2) is 56.0 Å². The molecule has 1 heterocycles. The summed E-state index contributed by atoms with van der Waals surface area (Å²) < 4.78 is 0. The zero-order valence-corrected chi connectivity index (χ0v) is 20.8. The lowest BCUT2D eigenvalue weighted by atomic mass is 10.1. The van der Waals surface area contributed by atoms with Gasteiger partial charge in [-0.15, -0.1) is 24.0 Å². The Hall–Kier alpha value is -2.36. The molecule has 0 fully saturated rings. The van der Waals surface area contributed by atoms with Gasteiger partial charge in [0, 0.05) is 59.1 Å². The number of rotatable bonds is 8. The van der Waals surface area contributed by atoms with Crippen LogP contribution in [0.25, 0.3) is 0 Å². The Morgan fingerprint density at radius 3 is 2.00 bits per heavy atom. The summed E-state index contributed by atoms with van der Waals surface area (Å²) in [6, 6.07) is 11.7. The van der Waals surface area contributed by atoms with Crippen molar-refractivity contribution in [1.82, 2.24) is 20.5 Å². The number of nitrogens with zero attached hydrogens (tertiary/aromatic N) is 4. The third-order valence-electron chi connectivity index (χ3n) is 4.65. The number of hydrogen-bond acceptors (Lipinski definition) is 4. The van der Waals surface area contributed by atoms with Crippen molar-refractivity contribution in [1.29, 1.82) is 0 Å². The molecule has 30 heavy (non-hydrogen) atoms. The van der Waals surface area contributed by atoms with Crippen LogP contribution in [-0.2, 0) is 13.1 Å². The number of carbonyl (C=O) groups is 1. The van der Waals surface area contributed by atoms with Crippen molar-refractivity contribution in [2.75, 3.05) is 39.1 Å². The zero-order valence-electron chi connectivity index (χ0n) is 18.5. The topological polar surface area (TPSA) is 72.9 Å². The minimum Gasteiger partial charge on any atom is -0.357 e. The first-order valence-corrected chi connectivity index (χ1v) is 9.93. The highest BCUT2D eigenvalue weighted by Gasteiger charge is 2.07. The monoisotopic (exact) mass is 524 g/mol. The molecule has 2 N–H and O–H groups in total. The molecular formula is C22H33IN6O. The molecule has 7 nitrogen and oxygen atoms in total. The fourth-order valence-corrected chi connectivity index (χ4v) is 2.87. The molecule has 0 spiro atoms. The maximum absolute atomic E-state index is 12.0. The first kappa shape index (κ1) is 25.7. The van der Waals surface area contributed by atoms with Gasteiger partial charge in [0.2, 0.25) is 0 Å². The predicted octanol–water partition coefficient (Wildman–Crippen LogP) is 3.11. The van der Waals surface area contributed by atoms with Gasteiger partial charge in [-0.3, -0.25) is 9.79 Å². The summed E-state index contributed by atoms with van der Waals surface area (Å²) in [5, 5.41) is 6.59. The lowest BCUT2D eigenvalue weighted by Crippen LogP contribution is -2.36. The van der Waals surface area contributed by atoms with Crippen LogP contribution < -0.4 is 15.5 Å². The van der Waals surface area contributed by atoms with Gasteiger partial charge in [-0.25, -0.2) is 4.98 Å². The minimum absolute atomic E-state index is 0. The fourth-order valence-electron chi connectivity index (χ4n) is 2.87. The standard InChI is InChI=1S/C22H32N6O.HI/c1-6-28(7-2)20-13-10-18(15-24-20)16-26-22(23-3)25-14-17-8-11-19(12-9-17)21(29)27(4)5;/h8-13,15H,6-7,14,16H2,1-5H3,(H2,23,25,26);1H. The number of halogens is 1. The van der Waals surface area contributed by atoms with Crippen molar-refractivity contribution in [2.45, 2.75) is 26.9 Å². The van der Waals surface area contributed by atoms with E-state index in [1.165, 1.54) is 0 Å². The highest BCUT2D eigenvalue weighted by Crippen LogP contribution is 2.11. The summed E-state index contributed by atoms with van der Waals surface area (Å²) in [4.78, 5) is 24.6. The molecule has 0 unspecified atom stereocenters. The number of amides is 1. The molecular weight excluding hydrogens is 491 g/mol. The van der Waals surface area contributed by atoms with Gasteiger partial charge < -0.3 is 20.4 Å². The molecule has 0 radical (unpaired) electrons. The Balaban J connectivity index is 0.00000450. The first-order chi connectivity index (χ1) is 14.0. The maximum atomic E-state index is 12.0. The largest absolute Gasteiger partial charge is 0.357 e. The molecule has 0 bridgehead atoms. The van der Waals surface area contributed by atoms with Crippen molar-refractivity contribution in [3.8, 4) is 0 Å². The summed E-state index contributed by atoms with van der Waals surface area (Å²) in [5.41, 5.74) is 2.85. The van der Waals surface area contributed by atoms with Crippen molar-refractivity contribution >= 4 is 41.7 Å².